The van der Waals surface area contributed by atoms with Crippen LogP contribution in [0.2, 0.25) is 0 Å². The molecule has 29 heavy (non-hydrogen) atoms. The number of ether oxygens (including phenoxy) is 3. The lowest BCUT2D eigenvalue weighted by Gasteiger charge is -2.35. The van der Waals surface area contributed by atoms with Gasteiger partial charge in [-0.15, -0.1) is 0 Å². The van der Waals surface area contributed by atoms with Crippen LogP contribution in [-0.2, 0) is 4.79 Å². The molecule has 0 atom stereocenters. The van der Waals surface area contributed by atoms with Crippen LogP contribution in [0.25, 0.3) is 0 Å². The Hall–Kier alpha value is -3.03. The molecular formula is C21H28N4O4. The minimum Gasteiger partial charge on any atom is -0.497 e. The highest BCUT2D eigenvalue weighted by molar-refractivity contribution is 5.78. The van der Waals surface area contributed by atoms with E-state index in [2.05, 4.69) is 28.7 Å². The Bertz CT molecular complexity index is 807. The van der Waals surface area contributed by atoms with Crippen LogP contribution in [0.5, 0.6) is 17.4 Å². The number of methoxy groups -OCH3 is 1. The molecule has 1 aromatic carbocycles. The van der Waals surface area contributed by atoms with Crippen LogP contribution < -0.4 is 19.1 Å². The van der Waals surface area contributed by atoms with Crippen LogP contribution >= 0.6 is 0 Å². The first-order chi connectivity index (χ1) is 14.0. The van der Waals surface area contributed by atoms with Crippen molar-refractivity contribution >= 4 is 11.7 Å². The quantitative estimate of drug-likeness (QED) is 0.673. The van der Waals surface area contributed by atoms with E-state index in [4.69, 9.17) is 14.2 Å². The van der Waals surface area contributed by atoms with Crippen molar-refractivity contribution in [2.45, 2.75) is 13.8 Å². The largest absolute Gasteiger partial charge is 0.497 e. The lowest BCUT2D eigenvalue weighted by molar-refractivity contribution is -0.133. The Labute approximate surface area is 171 Å². The average Bonchev–Trinajstić information content (AvgIpc) is 2.76. The number of aromatic nitrogens is 2. The van der Waals surface area contributed by atoms with Gasteiger partial charge in [0, 0.05) is 38.3 Å². The first-order valence-corrected chi connectivity index (χ1v) is 9.79. The first-order valence-electron chi connectivity index (χ1n) is 9.79. The minimum absolute atomic E-state index is 0.00780. The molecule has 3 rings (SSSR count). The summed E-state index contributed by atoms with van der Waals surface area (Å²) in [6.45, 7) is 7.45. The molecule has 1 amide bonds. The second-order valence-corrected chi connectivity index (χ2v) is 7.25. The third-order valence-corrected chi connectivity index (χ3v) is 4.55. The van der Waals surface area contributed by atoms with Crippen LogP contribution in [0.15, 0.2) is 36.7 Å². The van der Waals surface area contributed by atoms with E-state index in [0.717, 1.165) is 5.82 Å². The zero-order chi connectivity index (χ0) is 20.6. The van der Waals surface area contributed by atoms with Crippen LogP contribution in [0, 0.1) is 5.92 Å². The highest BCUT2D eigenvalue weighted by Gasteiger charge is 2.22. The topological polar surface area (TPSA) is 77.0 Å². The van der Waals surface area contributed by atoms with Gasteiger partial charge in [-0.1, -0.05) is 19.9 Å². The van der Waals surface area contributed by atoms with Crippen molar-refractivity contribution in [3.8, 4) is 17.4 Å². The minimum atomic E-state index is -0.0314. The van der Waals surface area contributed by atoms with Gasteiger partial charge in [-0.05, 0) is 18.1 Å². The number of carbonyl (C=O) groups excluding carboxylic acids is 1. The number of carbonyl (C=O) groups is 1. The van der Waals surface area contributed by atoms with Crippen molar-refractivity contribution < 1.29 is 19.0 Å². The van der Waals surface area contributed by atoms with Crippen LogP contribution in [0.1, 0.15) is 13.8 Å². The monoisotopic (exact) mass is 400 g/mol. The van der Waals surface area contributed by atoms with E-state index in [-0.39, 0.29) is 12.5 Å². The molecule has 0 saturated carbocycles. The third kappa shape index (κ3) is 5.97. The van der Waals surface area contributed by atoms with Crippen molar-refractivity contribution in [1.82, 2.24) is 14.9 Å². The molecule has 1 saturated heterocycles. The molecule has 0 N–H and O–H groups in total. The molecule has 2 heterocycles. The highest BCUT2D eigenvalue weighted by Crippen LogP contribution is 2.20. The molecule has 2 aromatic rings. The summed E-state index contributed by atoms with van der Waals surface area (Å²) in [5, 5.41) is 0. The lowest BCUT2D eigenvalue weighted by Crippen LogP contribution is -2.50. The van der Waals surface area contributed by atoms with Crippen molar-refractivity contribution in [1.29, 1.82) is 0 Å². The lowest BCUT2D eigenvalue weighted by atomic mass is 10.2. The van der Waals surface area contributed by atoms with Crippen LogP contribution in [0.4, 0.5) is 5.82 Å². The van der Waals surface area contributed by atoms with Gasteiger partial charge in [0.05, 0.1) is 13.7 Å². The van der Waals surface area contributed by atoms with Gasteiger partial charge in [0.1, 0.15) is 23.6 Å². The molecule has 156 valence electrons. The molecule has 0 unspecified atom stereocenters. The smallest absolute Gasteiger partial charge is 0.260 e. The summed E-state index contributed by atoms with van der Waals surface area (Å²) in [6.07, 6.45) is 1.52. The maximum atomic E-state index is 12.5. The Morgan fingerprint density at radius 1 is 1.07 bits per heavy atom. The Morgan fingerprint density at radius 3 is 2.55 bits per heavy atom. The van der Waals surface area contributed by atoms with E-state index in [1.165, 1.54) is 6.33 Å². The van der Waals surface area contributed by atoms with Crippen LogP contribution in [0.3, 0.4) is 0 Å². The van der Waals surface area contributed by atoms with Gasteiger partial charge in [-0.3, -0.25) is 4.79 Å². The molecule has 0 aliphatic carbocycles. The standard InChI is InChI=1S/C21H28N4O4/c1-16(2)13-29-20-12-19(22-15-23-20)24-7-9-25(10-8-24)21(26)14-28-18-6-4-5-17(11-18)27-3/h4-6,11-12,15-16H,7-10,13-14H2,1-3H3. The third-order valence-electron chi connectivity index (χ3n) is 4.55. The number of piperazine rings is 1. The summed E-state index contributed by atoms with van der Waals surface area (Å²) in [6, 6.07) is 9.09. The summed E-state index contributed by atoms with van der Waals surface area (Å²) in [4.78, 5) is 24.9. The molecule has 1 aromatic heterocycles. The number of nitrogens with zero attached hydrogens (tertiary/aromatic N) is 4. The maximum Gasteiger partial charge on any atom is 0.260 e. The number of anilines is 1. The van der Waals surface area contributed by atoms with Gasteiger partial charge in [0.2, 0.25) is 5.88 Å². The number of benzene rings is 1. The molecule has 0 bridgehead atoms. The van der Waals surface area contributed by atoms with Gasteiger partial charge >= 0.3 is 0 Å². The number of amides is 1. The zero-order valence-electron chi connectivity index (χ0n) is 17.2. The van der Waals surface area contributed by atoms with E-state index in [1.807, 2.05) is 29.2 Å². The fourth-order valence-electron chi connectivity index (χ4n) is 2.95. The average molecular weight is 400 g/mol. The van der Waals surface area contributed by atoms with E-state index in [0.29, 0.717) is 56.1 Å². The molecule has 8 heteroatoms. The molecule has 0 spiro atoms. The highest BCUT2D eigenvalue weighted by atomic mass is 16.5. The summed E-state index contributed by atoms with van der Waals surface area (Å²) in [7, 11) is 1.60. The number of hydrogen-bond acceptors (Lipinski definition) is 7. The van der Waals surface area contributed by atoms with Gasteiger partial charge in [0.25, 0.3) is 5.91 Å². The van der Waals surface area contributed by atoms with E-state index >= 15 is 0 Å². The summed E-state index contributed by atoms with van der Waals surface area (Å²) in [5.74, 6) is 3.11. The van der Waals surface area contributed by atoms with E-state index in [9.17, 15) is 4.79 Å². The SMILES string of the molecule is COc1cccc(OCC(=O)N2CCN(c3cc(OCC(C)C)ncn3)CC2)c1. The zero-order valence-corrected chi connectivity index (χ0v) is 17.2. The maximum absolute atomic E-state index is 12.5. The molecule has 0 radical (unpaired) electrons. The summed E-state index contributed by atoms with van der Waals surface area (Å²) in [5.41, 5.74) is 0. The van der Waals surface area contributed by atoms with Gasteiger partial charge in [-0.2, -0.15) is 0 Å². The normalized spacial score (nSPS) is 14.1. The Kier molecular flexibility index (Phi) is 7.10. The molecule has 1 aliphatic rings. The fourth-order valence-corrected chi connectivity index (χ4v) is 2.95. The Balaban J connectivity index is 1.48. The molecule has 8 nitrogen and oxygen atoms in total. The summed E-state index contributed by atoms with van der Waals surface area (Å²) >= 11 is 0. The van der Waals surface area contributed by atoms with E-state index in [1.54, 1.807) is 13.2 Å². The second-order valence-electron chi connectivity index (χ2n) is 7.25. The predicted molar refractivity (Wildman–Crippen MR) is 110 cm³/mol. The van der Waals surface area contributed by atoms with E-state index < -0.39 is 0 Å². The molecule has 1 fully saturated rings. The van der Waals surface area contributed by atoms with Crippen molar-refractivity contribution in [3.05, 3.63) is 36.7 Å². The summed E-state index contributed by atoms with van der Waals surface area (Å²) < 4.78 is 16.5. The van der Waals surface area contributed by atoms with Gasteiger partial charge in [0.15, 0.2) is 6.61 Å². The van der Waals surface area contributed by atoms with Gasteiger partial charge < -0.3 is 24.0 Å². The Morgan fingerprint density at radius 2 is 1.83 bits per heavy atom. The van der Waals surface area contributed by atoms with Crippen molar-refractivity contribution in [2.24, 2.45) is 5.92 Å². The second kappa shape index (κ2) is 9.95. The number of rotatable bonds is 8. The first kappa shape index (κ1) is 20.7. The molecular weight excluding hydrogens is 372 g/mol. The fraction of sp³-hybridized carbons (Fsp3) is 0.476. The number of hydrogen-bond donors (Lipinski definition) is 0. The van der Waals surface area contributed by atoms with Crippen molar-refractivity contribution in [2.75, 3.05) is 51.4 Å². The molecule has 1 aliphatic heterocycles. The van der Waals surface area contributed by atoms with Crippen molar-refractivity contribution in [3.63, 3.8) is 0 Å². The van der Waals surface area contributed by atoms with Crippen LogP contribution in [-0.4, -0.2) is 67.3 Å². The predicted octanol–water partition coefficient (Wildman–Crippen LogP) is 2.25. The van der Waals surface area contributed by atoms with Gasteiger partial charge in [-0.25, -0.2) is 9.97 Å².